The number of amides is 1. The number of halogens is 3. The summed E-state index contributed by atoms with van der Waals surface area (Å²) in [7, 11) is 1.56. The summed E-state index contributed by atoms with van der Waals surface area (Å²) < 4.78 is 17.4. The van der Waals surface area contributed by atoms with Crippen LogP contribution < -0.4 is 19.5 Å². The monoisotopic (exact) mass is 574 g/mol. The van der Waals surface area contributed by atoms with E-state index in [1.165, 1.54) is 6.08 Å². The second kappa shape index (κ2) is 12.5. The molecule has 1 amide bonds. The molecule has 3 aromatic rings. The maximum atomic E-state index is 12.7. The fourth-order valence-corrected chi connectivity index (χ4v) is 3.91. The standard InChI is InChI=1S/C26H21BrCl2N2O4/c1-3-34-24-11-17(10-18(14-30)26(32)31-20-6-8-21(33-2)9-7-20)22(27)13-25(24)35-15-16-4-5-19(28)12-23(16)29/h4-13H,3,15H2,1-2H3,(H,31,32)/b18-10+. The number of hydrogen-bond donors (Lipinski definition) is 1. The summed E-state index contributed by atoms with van der Waals surface area (Å²) >= 11 is 15.7. The minimum Gasteiger partial charge on any atom is -0.497 e. The first-order chi connectivity index (χ1) is 16.8. The van der Waals surface area contributed by atoms with E-state index in [-0.39, 0.29) is 12.2 Å². The molecule has 35 heavy (non-hydrogen) atoms. The fourth-order valence-electron chi connectivity index (χ4n) is 3.01. The fraction of sp³-hybridized carbons (Fsp3) is 0.154. The first-order valence-corrected chi connectivity index (χ1v) is 12.0. The predicted octanol–water partition coefficient (Wildman–Crippen LogP) is 7.29. The van der Waals surface area contributed by atoms with Crippen molar-refractivity contribution in [3.63, 3.8) is 0 Å². The molecule has 0 radical (unpaired) electrons. The highest BCUT2D eigenvalue weighted by Gasteiger charge is 2.15. The third-order valence-corrected chi connectivity index (χ3v) is 6.05. The van der Waals surface area contributed by atoms with Gasteiger partial charge in [-0.2, -0.15) is 5.26 Å². The van der Waals surface area contributed by atoms with Crippen LogP contribution in [0.2, 0.25) is 10.0 Å². The number of benzene rings is 3. The molecule has 1 N–H and O–H groups in total. The Morgan fingerprint density at radius 2 is 1.80 bits per heavy atom. The molecule has 0 unspecified atom stereocenters. The molecule has 0 heterocycles. The van der Waals surface area contributed by atoms with Gasteiger partial charge in [-0.1, -0.05) is 45.2 Å². The lowest BCUT2D eigenvalue weighted by Crippen LogP contribution is -2.13. The van der Waals surface area contributed by atoms with Gasteiger partial charge in [0, 0.05) is 25.8 Å². The Bertz CT molecular complexity index is 1290. The molecular weight excluding hydrogens is 555 g/mol. The highest BCUT2D eigenvalue weighted by molar-refractivity contribution is 9.10. The molecule has 0 bridgehead atoms. The van der Waals surface area contributed by atoms with Gasteiger partial charge < -0.3 is 19.5 Å². The van der Waals surface area contributed by atoms with Gasteiger partial charge in [0.25, 0.3) is 5.91 Å². The number of carbonyl (C=O) groups excluding carboxylic acids is 1. The lowest BCUT2D eigenvalue weighted by atomic mass is 10.1. The quantitative estimate of drug-likeness (QED) is 0.214. The number of anilines is 1. The van der Waals surface area contributed by atoms with Crippen molar-refractivity contribution in [2.45, 2.75) is 13.5 Å². The van der Waals surface area contributed by atoms with Gasteiger partial charge in [0.1, 0.15) is 24.0 Å². The molecule has 0 aromatic heterocycles. The van der Waals surface area contributed by atoms with Crippen molar-refractivity contribution in [3.8, 4) is 23.3 Å². The van der Waals surface area contributed by atoms with Gasteiger partial charge in [0.05, 0.1) is 13.7 Å². The van der Waals surface area contributed by atoms with Crippen LogP contribution in [0, 0.1) is 11.3 Å². The molecule has 0 aliphatic rings. The molecule has 180 valence electrons. The zero-order valence-electron chi connectivity index (χ0n) is 18.9. The molecule has 0 fully saturated rings. The van der Waals surface area contributed by atoms with Crippen LogP contribution in [0.3, 0.4) is 0 Å². The van der Waals surface area contributed by atoms with Crippen LogP contribution >= 0.6 is 39.1 Å². The van der Waals surface area contributed by atoms with Crippen molar-refractivity contribution in [2.75, 3.05) is 19.0 Å². The highest BCUT2D eigenvalue weighted by atomic mass is 79.9. The summed E-state index contributed by atoms with van der Waals surface area (Å²) in [5.41, 5.74) is 1.80. The molecule has 0 saturated carbocycles. The van der Waals surface area contributed by atoms with E-state index in [1.807, 2.05) is 13.0 Å². The van der Waals surface area contributed by atoms with E-state index in [1.54, 1.807) is 61.7 Å². The normalized spacial score (nSPS) is 10.9. The Morgan fingerprint density at radius 3 is 2.43 bits per heavy atom. The van der Waals surface area contributed by atoms with Crippen LogP contribution in [0.15, 0.2) is 64.6 Å². The molecule has 3 aromatic carbocycles. The van der Waals surface area contributed by atoms with Gasteiger partial charge in [-0.25, -0.2) is 0 Å². The van der Waals surface area contributed by atoms with Crippen molar-refractivity contribution in [3.05, 3.63) is 85.8 Å². The minimum atomic E-state index is -0.541. The van der Waals surface area contributed by atoms with Crippen LogP contribution in [-0.2, 0) is 11.4 Å². The van der Waals surface area contributed by atoms with Crippen molar-refractivity contribution >= 4 is 56.8 Å². The number of rotatable bonds is 9. The van der Waals surface area contributed by atoms with Gasteiger partial charge in [-0.3, -0.25) is 4.79 Å². The summed E-state index contributed by atoms with van der Waals surface area (Å²) in [5, 5.41) is 13.3. The number of methoxy groups -OCH3 is 1. The zero-order chi connectivity index (χ0) is 25.4. The van der Waals surface area contributed by atoms with E-state index in [2.05, 4.69) is 21.2 Å². The van der Waals surface area contributed by atoms with Crippen LogP contribution in [0.1, 0.15) is 18.1 Å². The Morgan fingerprint density at radius 1 is 1.09 bits per heavy atom. The molecule has 0 atom stereocenters. The number of nitriles is 1. The summed E-state index contributed by atoms with van der Waals surface area (Å²) in [6.45, 7) is 2.44. The molecule has 3 rings (SSSR count). The average molecular weight is 576 g/mol. The van der Waals surface area contributed by atoms with Gasteiger partial charge >= 0.3 is 0 Å². The maximum absolute atomic E-state index is 12.7. The maximum Gasteiger partial charge on any atom is 0.266 e. The highest BCUT2D eigenvalue weighted by Crippen LogP contribution is 2.36. The molecule has 6 nitrogen and oxygen atoms in total. The first kappa shape index (κ1) is 26.4. The largest absolute Gasteiger partial charge is 0.497 e. The molecule has 0 aliphatic heterocycles. The Kier molecular flexibility index (Phi) is 9.44. The predicted molar refractivity (Wildman–Crippen MR) is 141 cm³/mol. The number of nitrogens with zero attached hydrogens (tertiary/aromatic N) is 1. The van der Waals surface area contributed by atoms with Crippen LogP contribution in [-0.4, -0.2) is 19.6 Å². The average Bonchev–Trinajstić information content (AvgIpc) is 2.84. The van der Waals surface area contributed by atoms with Crippen molar-refractivity contribution in [1.29, 1.82) is 5.26 Å². The van der Waals surface area contributed by atoms with Crippen LogP contribution in [0.4, 0.5) is 5.69 Å². The number of ether oxygens (including phenoxy) is 3. The zero-order valence-corrected chi connectivity index (χ0v) is 22.0. The third-order valence-electron chi connectivity index (χ3n) is 4.77. The minimum absolute atomic E-state index is 0.0782. The summed E-state index contributed by atoms with van der Waals surface area (Å²) in [6.07, 6.45) is 1.48. The lowest BCUT2D eigenvalue weighted by Gasteiger charge is -2.15. The lowest BCUT2D eigenvalue weighted by molar-refractivity contribution is -0.112. The molecular formula is C26H21BrCl2N2O4. The van der Waals surface area contributed by atoms with E-state index < -0.39 is 5.91 Å². The van der Waals surface area contributed by atoms with E-state index >= 15 is 0 Å². The summed E-state index contributed by atoms with van der Waals surface area (Å²) in [4.78, 5) is 12.7. The number of hydrogen-bond acceptors (Lipinski definition) is 5. The van der Waals surface area contributed by atoms with Crippen molar-refractivity contribution < 1.29 is 19.0 Å². The number of nitrogens with one attached hydrogen (secondary N) is 1. The van der Waals surface area contributed by atoms with E-state index in [4.69, 9.17) is 37.4 Å². The van der Waals surface area contributed by atoms with Gasteiger partial charge in [0.15, 0.2) is 11.5 Å². The van der Waals surface area contributed by atoms with Crippen molar-refractivity contribution in [1.82, 2.24) is 0 Å². The molecule has 0 spiro atoms. The van der Waals surface area contributed by atoms with E-state index in [9.17, 15) is 10.1 Å². The van der Waals surface area contributed by atoms with Gasteiger partial charge in [-0.05, 0) is 67.1 Å². The summed E-state index contributed by atoms with van der Waals surface area (Å²) in [5.74, 6) is 1.05. The Hall–Kier alpha value is -3.18. The van der Waals surface area contributed by atoms with Crippen molar-refractivity contribution in [2.24, 2.45) is 0 Å². The molecule has 9 heteroatoms. The van der Waals surface area contributed by atoms with Crippen LogP contribution in [0.25, 0.3) is 6.08 Å². The van der Waals surface area contributed by atoms with Gasteiger partial charge in [0.2, 0.25) is 0 Å². The Balaban J connectivity index is 1.83. The molecule has 0 saturated heterocycles. The first-order valence-electron chi connectivity index (χ1n) is 10.4. The SMILES string of the molecule is CCOc1cc(/C=C(\C#N)C(=O)Nc2ccc(OC)cc2)c(Br)cc1OCc1ccc(Cl)cc1Cl. The topological polar surface area (TPSA) is 80.6 Å². The van der Waals surface area contributed by atoms with Gasteiger partial charge in [-0.15, -0.1) is 0 Å². The summed E-state index contributed by atoms with van der Waals surface area (Å²) in [6, 6.07) is 17.3. The van der Waals surface area contributed by atoms with Crippen LogP contribution in [0.5, 0.6) is 17.2 Å². The molecule has 0 aliphatic carbocycles. The smallest absolute Gasteiger partial charge is 0.266 e. The number of carbonyl (C=O) groups is 1. The second-order valence-corrected chi connectivity index (χ2v) is 8.83. The third kappa shape index (κ3) is 7.15. The second-order valence-electron chi connectivity index (χ2n) is 7.13. The van der Waals surface area contributed by atoms with E-state index in [0.29, 0.717) is 49.6 Å². The Labute approximate surface area is 222 Å². The van der Waals surface area contributed by atoms with E-state index in [0.717, 1.165) is 5.56 Å².